The summed E-state index contributed by atoms with van der Waals surface area (Å²) >= 11 is 0. The molecule has 1 aromatic heterocycles. The lowest BCUT2D eigenvalue weighted by atomic mass is 9.98. The Morgan fingerprint density at radius 1 is 1.02 bits per heavy atom. The van der Waals surface area contributed by atoms with Crippen LogP contribution < -0.4 is 9.79 Å². The van der Waals surface area contributed by atoms with Crippen LogP contribution in [-0.2, 0) is 20.8 Å². The molecule has 11 heteroatoms. The molecule has 0 aliphatic carbocycles. The van der Waals surface area contributed by atoms with Gasteiger partial charge in [-0.3, -0.25) is 9.69 Å². The smallest absolute Gasteiger partial charge is 0.338 e. The number of esters is 1. The molecule has 0 bridgehead atoms. The molecule has 234 valence electrons. The molecule has 1 saturated heterocycles. The summed E-state index contributed by atoms with van der Waals surface area (Å²) in [5.74, 6) is 0.0817. The Hall–Kier alpha value is -4.71. The maximum atomic E-state index is 13.0. The minimum Gasteiger partial charge on any atom is -0.494 e. The number of H-pyrrole nitrogens is 1. The van der Waals surface area contributed by atoms with Crippen molar-refractivity contribution in [1.82, 2.24) is 14.8 Å². The normalized spacial score (nSPS) is 15.8. The second-order valence-corrected chi connectivity index (χ2v) is 11.3. The molecule has 6 rings (SSSR count). The number of aromatic nitrogens is 1. The Kier molecular flexibility index (Phi) is 8.83. The molecule has 2 aliphatic heterocycles. The fraction of sp³-hybridized carbons (Fsp3) is 0.324. The van der Waals surface area contributed by atoms with E-state index in [9.17, 15) is 14.7 Å². The molecule has 3 aromatic carbocycles. The molecule has 1 fully saturated rings. The molecule has 2 aliphatic rings. The van der Waals surface area contributed by atoms with E-state index in [1.54, 1.807) is 37.1 Å². The van der Waals surface area contributed by atoms with Gasteiger partial charge in [-0.15, -0.1) is 0 Å². The maximum absolute atomic E-state index is 13.0. The summed E-state index contributed by atoms with van der Waals surface area (Å²) in [6.45, 7) is 6.50. The molecule has 4 aromatic rings. The summed E-state index contributed by atoms with van der Waals surface area (Å²) in [5.41, 5.74) is 5.00. The van der Waals surface area contributed by atoms with E-state index in [-0.39, 0.29) is 18.4 Å². The number of aliphatic imine (C=N–C) groups is 1. The van der Waals surface area contributed by atoms with Gasteiger partial charge in [0.25, 0.3) is 0 Å². The van der Waals surface area contributed by atoms with Crippen molar-refractivity contribution in [2.75, 3.05) is 64.9 Å². The summed E-state index contributed by atoms with van der Waals surface area (Å²) in [5, 5.41) is 11.9. The predicted molar refractivity (Wildman–Crippen MR) is 172 cm³/mol. The van der Waals surface area contributed by atoms with Crippen molar-refractivity contribution in [3.05, 3.63) is 82.9 Å². The van der Waals surface area contributed by atoms with Crippen molar-refractivity contribution >= 4 is 39.9 Å². The number of likely N-dealkylation sites (N-methyl/N-ethyl adjacent to an activating group) is 2. The second-order valence-electron chi connectivity index (χ2n) is 11.3. The first-order chi connectivity index (χ1) is 21.8. The number of nitrogens with one attached hydrogen (secondary N) is 1. The first-order valence-corrected chi connectivity index (χ1v) is 15.1. The van der Waals surface area contributed by atoms with Gasteiger partial charge in [0.15, 0.2) is 11.6 Å². The zero-order valence-corrected chi connectivity index (χ0v) is 25.7. The van der Waals surface area contributed by atoms with Gasteiger partial charge in [-0.2, -0.15) is 4.89 Å². The van der Waals surface area contributed by atoms with Crippen LogP contribution in [0, 0.1) is 0 Å². The minimum absolute atomic E-state index is 0.0266. The number of carbonyl (C=O) groups is 2. The highest BCUT2D eigenvalue weighted by Crippen LogP contribution is 2.34. The third-order valence-electron chi connectivity index (χ3n) is 8.28. The fourth-order valence-corrected chi connectivity index (χ4v) is 5.60. The van der Waals surface area contributed by atoms with Crippen molar-refractivity contribution < 1.29 is 29.2 Å². The number of rotatable bonds is 8. The van der Waals surface area contributed by atoms with E-state index in [0.29, 0.717) is 57.9 Å². The molecular formula is C34H37N5O6. The quantitative estimate of drug-likeness (QED) is 0.172. The molecule has 3 heterocycles. The molecule has 0 radical (unpaired) electrons. The van der Waals surface area contributed by atoms with E-state index >= 15 is 0 Å². The average Bonchev–Trinajstić information content (AvgIpc) is 3.39. The van der Waals surface area contributed by atoms with Crippen LogP contribution in [0.1, 0.15) is 34.0 Å². The second kappa shape index (κ2) is 13.1. The van der Waals surface area contributed by atoms with E-state index in [4.69, 9.17) is 19.5 Å². The van der Waals surface area contributed by atoms with Gasteiger partial charge >= 0.3 is 5.97 Å². The van der Waals surface area contributed by atoms with Gasteiger partial charge in [0, 0.05) is 67.4 Å². The van der Waals surface area contributed by atoms with Gasteiger partial charge in [-0.1, -0.05) is 18.2 Å². The van der Waals surface area contributed by atoms with Crippen molar-refractivity contribution in [2.24, 2.45) is 4.99 Å². The lowest BCUT2D eigenvalue weighted by Crippen LogP contribution is -2.48. The summed E-state index contributed by atoms with van der Waals surface area (Å²) in [7, 11) is 3.88. The third-order valence-corrected chi connectivity index (χ3v) is 8.28. The van der Waals surface area contributed by atoms with Gasteiger partial charge in [-0.25, -0.2) is 9.79 Å². The Morgan fingerprint density at radius 3 is 2.53 bits per heavy atom. The largest absolute Gasteiger partial charge is 0.494 e. The molecule has 11 nitrogen and oxygen atoms in total. The molecule has 45 heavy (non-hydrogen) atoms. The molecular weight excluding hydrogens is 574 g/mol. The average molecular weight is 612 g/mol. The van der Waals surface area contributed by atoms with Crippen LogP contribution in [0.3, 0.4) is 0 Å². The Labute approximate surface area is 261 Å². The Morgan fingerprint density at radius 2 is 1.78 bits per heavy atom. The number of piperazine rings is 1. The lowest BCUT2D eigenvalue weighted by molar-refractivity contribution is -0.215. The maximum Gasteiger partial charge on any atom is 0.338 e. The number of aromatic amines is 1. The van der Waals surface area contributed by atoms with E-state index in [0.717, 1.165) is 43.9 Å². The summed E-state index contributed by atoms with van der Waals surface area (Å²) in [6, 6.07) is 18.3. The van der Waals surface area contributed by atoms with Crippen LogP contribution >= 0.6 is 0 Å². The van der Waals surface area contributed by atoms with Crippen LogP contribution in [0.15, 0.2) is 65.7 Å². The highest BCUT2D eigenvalue weighted by atomic mass is 17.2. The molecule has 0 atom stereocenters. The van der Waals surface area contributed by atoms with Crippen LogP contribution in [0.5, 0.6) is 11.6 Å². The topological polar surface area (TPSA) is 120 Å². The number of ether oxygens (including phenoxy) is 1. The molecule has 1 amide bonds. The van der Waals surface area contributed by atoms with E-state index in [1.807, 2.05) is 42.5 Å². The minimum atomic E-state index is -0.442. The van der Waals surface area contributed by atoms with Crippen LogP contribution in [0.25, 0.3) is 10.9 Å². The number of carbonyl (C=O) groups excluding carboxylic acids is 2. The van der Waals surface area contributed by atoms with Crippen molar-refractivity contribution in [3.8, 4) is 11.6 Å². The Balaban J connectivity index is 1.34. The van der Waals surface area contributed by atoms with E-state index < -0.39 is 5.97 Å². The van der Waals surface area contributed by atoms with Crippen LogP contribution in [0.4, 0.5) is 11.4 Å². The highest BCUT2D eigenvalue weighted by molar-refractivity contribution is 6.22. The van der Waals surface area contributed by atoms with E-state index in [1.165, 1.54) is 0 Å². The number of anilines is 1. The first-order valence-electron chi connectivity index (χ1n) is 15.1. The van der Waals surface area contributed by atoms with Crippen LogP contribution in [-0.4, -0.2) is 97.5 Å². The zero-order valence-electron chi connectivity index (χ0n) is 25.7. The highest BCUT2D eigenvalue weighted by Gasteiger charge is 2.23. The lowest BCUT2D eigenvalue weighted by Gasteiger charge is -2.32. The summed E-state index contributed by atoms with van der Waals surface area (Å²) in [6.07, 6.45) is 0.722. The predicted octanol–water partition coefficient (Wildman–Crippen LogP) is 4.30. The van der Waals surface area contributed by atoms with Gasteiger partial charge < -0.3 is 29.5 Å². The van der Waals surface area contributed by atoms with Crippen LogP contribution in [0.2, 0.25) is 0 Å². The van der Waals surface area contributed by atoms with Gasteiger partial charge in [0.1, 0.15) is 0 Å². The van der Waals surface area contributed by atoms with Crippen molar-refractivity contribution in [2.45, 2.75) is 13.3 Å². The number of fused-ring (bicyclic) bond motifs is 2. The number of hydrogen-bond donors (Lipinski definition) is 2. The van der Waals surface area contributed by atoms with Gasteiger partial charge in [-0.05, 0) is 56.4 Å². The third kappa shape index (κ3) is 6.56. The summed E-state index contributed by atoms with van der Waals surface area (Å²) in [4.78, 5) is 50.2. The number of amides is 1. The molecule has 2 N–H and O–H groups in total. The molecule has 0 saturated carbocycles. The number of benzene rings is 3. The molecule has 0 spiro atoms. The number of aromatic hydroxyl groups is 1. The van der Waals surface area contributed by atoms with Gasteiger partial charge in [0.2, 0.25) is 5.91 Å². The van der Waals surface area contributed by atoms with Crippen molar-refractivity contribution in [1.29, 1.82) is 0 Å². The zero-order chi connectivity index (χ0) is 31.5. The summed E-state index contributed by atoms with van der Waals surface area (Å²) < 4.78 is 5.15. The molecule has 0 unspecified atom stereocenters. The van der Waals surface area contributed by atoms with Gasteiger partial charge in [0.05, 0.1) is 42.3 Å². The first kappa shape index (κ1) is 30.3. The standard InChI is InChI=1S/C34H37N5O6/c1-4-43-34(42)24-7-12-27-28(19-24)36-33(41)31(27)32(23-6-5-22-13-18-44-45-29(22)20-23)35-25-8-10-26(11-9-25)38(3)30(40)21-39-16-14-37(2)15-17-39/h5-12,19-20,36,41H,4,13-18,21H2,1-3H3. The fourth-order valence-electron chi connectivity index (χ4n) is 5.60. The van der Waals surface area contributed by atoms with Crippen molar-refractivity contribution in [3.63, 3.8) is 0 Å². The Bertz CT molecular complexity index is 1740. The van der Waals surface area contributed by atoms with E-state index in [2.05, 4.69) is 21.8 Å². The monoisotopic (exact) mass is 611 g/mol. The SMILES string of the molecule is CCOC(=O)c1ccc2c(C(=Nc3ccc(N(C)C(=O)CN4CCN(C)CC4)cc3)c3ccc4c(c3)OOCC4)c(O)[nH]c2c1. The number of hydrogen-bond acceptors (Lipinski definition) is 9. The number of nitrogens with zero attached hydrogens (tertiary/aromatic N) is 4.